The molecule has 0 atom stereocenters. The van der Waals surface area contributed by atoms with Gasteiger partial charge in [0, 0.05) is 0 Å². The van der Waals surface area contributed by atoms with E-state index >= 15 is 0 Å². The van der Waals surface area contributed by atoms with E-state index < -0.39 is 0 Å². The summed E-state index contributed by atoms with van der Waals surface area (Å²) in [6.07, 6.45) is 1.40. The van der Waals surface area contributed by atoms with Crippen LogP contribution in [0, 0.1) is 0 Å². The van der Waals surface area contributed by atoms with E-state index in [9.17, 15) is 9.90 Å². The average Bonchev–Trinajstić information content (AvgIpc) is 2.28. The summed E-state index contributed by atoms with van der Waals surface area (Å²) in [5.74, 6) is -0.0629. The van der Waals surface area contributed by atoms with Crippen molar-refractivity contribution in [2.75, 3.05) is 7.11 Å². The van der Waals surface area contributed by atoms with Gasteiger partial charge < -0.3 is 9.84 Å². The van der Waals surface area contributed by atoms with Crippen LogP contribution in [0.5, 0.6) is 5.75 Å². The Morgan fingerprint density at radius 1 is 1.27 bits per heavy atom. The standard InChI is InChI=1S/C12H16O3/c1-4-8-6-10(12(14)15-3)7-9(5-2)11(8)13/h6-7,13H,4-5H2,1-3H3. The third-order valence-electron chi connectivity index (χ3n) is 2.45. The summed E-state index contributed by atoms with van der Waals surface area (Å²) in [6.45, 7) is 3.88. The normalized spacial score (nSPS) is 10.1. The average molecular weight is 208 g/mol. The number of methoxy groups -OCH3 is 1. The van der Waals surface area contributed by atoms with Gasteiger partial charge in [-0.3, -0.25) is 0 Å². The predicted molar refractivity (Wildman–Crippen MR) is 58.2 cm³/mol. The fourth-order valence-corrected chi connectivity index (χ4v) is 1.53. The maximum atomic E-state index is 11.4. The Morgan fingerprint density at radius 3 is 2.07 bits per heavy atom. The van der Waals surface area contributed by atoms with Gasteiger partial charge in [-0.15, -0.1) is 0 Å². The van der Waals surface area contributed by atoms with Gasteiger partial charge in [0.05, 0.1) is 12.7 Å². The van der Waals surface area contributed by atoms with E-state index in [2.05, 4.69) is 4.74 Å². The van der Waals surface area contributed by atoms with E-state index in [1.54, 1.807) is 12.1 Å². The van der Waals surface area contributed by atoms with Gasteiger partial charge in [0.15, 0.2) is 0 Å². The first-order chi connectivity index (χ1) is 7.13. The van der Waals surface area contributed by atoms with Crippen molar-refractivity contribution in [2.45, 2.75) is 26.7 Å². The van der Waals surface area contributed by atoms with E-state index in [0.29, 0.717) is 24.2 Å². The van der Waals surface area contributed by atoms with Crippen molar-refractivity contribution < 1.29 is 14.6 Å². The number of carbonyl (C=O) groups is 1. The Labute approximate surface area is 89.7 Å². The molecule has 0 aromatic heterocycles. The van der Waals surface area contributed by atoms with Crippen molar-refractivity contribution >= 4 is 5.97 Å². The maximum absolute atomic E-state index is 11.4. The van der Waals surface area contributed by atoms with Crippen LogP contribution in [0.15, 0.2) is 12.1 Å². The molecule has 0 amide bonds. The number of rotatable bonds is 3. The van der Waals surface area contributed by atoms with Crippen LogP contribution < -0.4 is 0 Å². The van der Waals surface area contributed by atoms with Gasteiger partial charge in [0.2, 0.25) is 0 Å². The lowest BCUT2D eigenvalue weighted by Gasteiger charge is -2.09. The van der Waals surface area contributed by atoms with Gasteiger partial charge in [0.25, 0.3) is 0 Å². The molecule has 0 saturated heterocycles. The topological polar surface area (TPSA) is 46.5 Å². The molecule has 0 radical (unpaired) electrons. The first-order valence-corrected chi connectivity index (χ1v) is 5.07. The van der Waals surface area contributed by atoms with E-state index in [4.69, 9.17) is 0 Å². The SMILES string of the molecule is CCc1cc(C(=O)OC)cc(CC)c1O. The third-order valence-corrected chi connectivity index (χ3v) is 2.45. The molecule has 15 heavy (non-hydrogen) atoms. The molecular weight excluding hydrogens is 192 g/mol. The monoisotopic (exact) mass is 208 g/mol. The second-order valence-electron chi connectivity index (χ2n) is 3.34. The molecule has 0 aliphatic rings. The highest BCUT2D eigenvalue weighted by Gasteiger charge is 2.12. The molecular formula is C12H16O3. The predicted octanol–water partition coefficient (Wildman–Crippen LogP) is 2.30. The summed E-state index contributed by atoms with van der Waals surface area (Å²) >= 11 is 0. The van der Waals surface area contributed by atoms with Gasteiger partial charge in [0.1, 0.15) is 5.75 Å². The molecule has 82 valence electrons. The summed E-state index contributed by atoms with van der Waals surface area (Å²) in [7, 11) is 1.35. The second-order valence-corrected chi connectivity index (χ2v) is 3.34. The van der Waals surface area contributed by atoms with E-state index in [1.165, 1.54) is 7.11 Å². The molecule has 0 saturated carbocycles. The number of esters is 1. The van der Waals surface area contributed by atoms with Crippen molar-refractivity contribution in [2.24, 2.45) is 0 Å². The van der Waals surface area contributed by atoms with Crippen molar-refractivity contribution in [1.29, 1.82) is 0 Å². The van der Waals surface area contributed by atoms with Crippen LogP contribution in [0.2, 0.25) is 0 Å². The van der Waals surface area contributed by atoms with Gasteiger partial charge >= 0.3 is 5.97 Å². The number of hydrogen-bond donors (Lipinski definition) is 1. The number of ether oxygens (including phenoxy) is 1. The van der Waals surface area contributed by atoms with Crippen LogP contribution in [-0.4, -0.2) is 18.2 Å². The van der Waals surface area contributed by atoms with Crippen molar-refractivity contribution in [3.63, 3.8) is 0 Å². The van der Waals surface area contributed by atoms with Crippen molar-refractivity contribution in [1.82, 2.24) is 0 Å². The summed E-state index contributed by atoms with van der Waals surface area (Å²) in [4.78, 5) is 11.4. The minimum Gasteiger partial charge on any atom is -0.507 e. The largest absolute Gasteiger partial charge is 0.507 e. The number of carbonyl (C=O) groups excluding carboxylic acids is 1. The molecule has 0 heterocycles. The smallest absolute Gasteiger partial charge is 0.337 e. The van der Waals surface area contributed by atoms with Crippen molar-refractivity contribution in [3.05, 3.63) is 28.8 Å². The summed E-state index contributed by atoms with van der Waals surface area (Å²) in [5.41, 5.74) is 2.08. The van der Waals surface area contributed by atoms with Crippen LogP contribution in [0.25, 0.3) is 0 Å². The number of hydrogen-bond acceptors (Lipinski definition) is 3. The first-order valence-electron chi connectivity index (χ1n) is 5.07. The maximum Gasteiger partial charge on any atom is 0.337 e. The minimum absolute atomic E-state index is 0.299. The number of phenolic OH excluding ortho intramolecular Hbond substituents is 1. The molecule has 3 heteroatoms. The highest BCUT2D eigenvalue weighted by Crippen LogP contribution is 2.25. The number of aryl methyl sites for hydroxylation is 2. The highest BCUT2D eigenvalue weighted by molar-refractivity contribution is 5.90. The van der Waals surface area contributed by atoms with Crippen LogP contribution in [0.4, 0.5) is 0 Å². The Morgan fingerprint density at radius 2 is 1.73 bits per heavy atom. The van der Waals surface area contributed by atoms with Crippen LogP contribution in [0.1, 0.15) is 35.3 Å². The fraction of sp³-hybridized carbons (Fsp3) is 0.417. The Kier molecular flexibility index (Phi) is 3.72. The van der Waals surface area contributed by atoms with Crippen LogP contribution in [0.3, 0.4) is 0 Å². The molecule has 0 aliphatic carbocycles. The second kappa shape index (κ2) is 4.82. The van der Waals surface area contributed by atoms with Gasteiger partial charge in [-0.2, -0.15) is 0 Å². The molecule has 1 rings (SSSR count). The molecule has 0 unspecified atom stereocenters. The van der Waals surface area contributed by atoms with Crippen molar-refractivity contribution in [3.8, 4) is 5.75 Å². The molecule has 0 fully saturated rings. The van der Waals surface area contributed by atoms with Gasteiger partial charge in [-0.25, -0.2) is 4.79 Å². The number of aromatic hydroxyl groups is 1. The highest BCUT2D eigenvalue weighted by atomic mass is 16.5. The number of phenols is 1. The third kappa shape index (κ3) is 2.29. The molecule has 3 nitrogen and oxygen atoms in total. The van der Waals surface area contributed by atoms with Gasteiger partial charge in [-0.1, -0.05) is 13.8 Å². The molecule has 0 aliphatic heterocycles. The zero-order valence-electron chi connectivity index (χ0n) is 9.33. The molecule has 0 spiro atoms. The lowest BCUT2D eigenvalue weighted by molar-refractivity contribution is 0.0600. The zero-order chi connectivity index (χ0) is 11.4. The Balaban J connectivity index is 3.26. The number of benzene rings is 1. The van der Waals surface area contributed by atoms with Crippen LogP contribution in [-0.2, 0) is 17.6 Å². The van der Waals surface area contributed by atoms with E-state index in [-0.39, 0.29) is 5.97 Å². The first kappa shape index (κ1) is 11.6. The van der Waals surface area contributed by atoms with Crippen LogP contribution >= 0.6 is 0 Å². The summed E-state index contributed by atoms with van der Waals surface area (Å²) in [6, 6.07) is 3.36. The molecule has 1 N–H and O–H groups in total. The summed E-state index contributed by atoms with van der Waals surface area (Å²) in [5, 5.41) is 9.82. The fourth-order valence-electron chi connectivity index (χ4n) is 1.53. The lowest BCUT2D eigenvalue weighted by atomic mass is 10.0. The van der Waals surface area contributed by atoms with E-state index in [0.717, 1.165) is 11.1 Å². The van der Waals surface area contributed by atoms with E-state index in [1.807, 2.05) is 13.8 Å². The lowest BCUT2D eigenvalue weighted by Crippen LogP contribution is -2.03. The molecule has 0 bridgehead atoms. The minimum atomic E-state index is -0.362. The summed E-state index contributed by atoms with van der Waals surface area (Å²) < 4.78 is 4.65. The zero-order valence-corrected chi connectivity index (χ0v) is 9.33. The molecule has 1 aromatic carbocycles. The quantitative estimate of drug-likeness (QED) is 0.775. The van der Waals surface area contributed by atoms with Gasteiger partial charge in [-0.05, 0) is 36.1 Å². The Bertz CT molecular complexity index is 344. The molecule has 1 aromatic rings. The Hall–Kier alpha value is -1.51.